The van der Waals surface area contributed by atoms with Crippen LogP contribution in [0.3, 0.4) is 0 Å². The Morgan fingerprint density at radius 2 is 2.41 bits per heavy atom. The minimum Gasteiger partial charge on any atom is -0.491 e. The number of nitrogens with two attached hydrogens (primary N) is 1. The summed E-state index contributed by atoms with van der Waals surface area (Å²) in [5.74, 6) is -0.214. The molecule has 0 saturated carbocycles. The highest BCUT2D eigenvalue weighted by molar-refractivity contribution is 5.67. The lowest BCUT2D eigenvalue weighted by Crippen LogP contribution is -2.15. The maximum atomic E-state index is 10.6. The average Bonchev–Trinajstić information content (AvgIpc) is 3.10. The van der Waals surface area contributed by atoms with Crippen molar-refractivity contribution >= 4 is 5.97 Å². The normalized spacial score (nSPS) is 19.7. The Labute approximate surface area is 99.1 Å². The summed E-state index contributed by atoms with van der Waals surface area (Å²) >= 11 is 0. The van der Waals surface area contributed by atoms with E-state index >= 15 is 0 Å². The molecular weight excluding hydrogens is 222 g/mol. The van der Waals surface area contributed by atoms with Crippen molar-refractivity contribution < 1.29 is 19.4 Å². The van der Waals surface area contributed by atoms with E-state index in [1.54, 1.807) is 18.2 Å². The molecule has 0 bridgehead atoms. The van der Waals surface area contributed by atoms with Crippen LogP contribution < -0.4 is 10.5 Å². The standard InChI is InChI=1S/C12H15NO4/c13-11(5-12(14)15)8-2-1-3-9(4-8)16-6-10-7-17-10/h1-4,10-11H,5-7,13H2,(H,14,15). The summed E-state index contributed by atoms with van der Waals surface area (Å²) < 4.78 is 10.5. The molecule has 92 valence electrons. The maximum Gasteiger partial charge on any atom is 0.305 e. The summed E-state index contributed by atoms with van der Waals surface area (Å²) in [6.45, 7) is 1.27. The van der Waals surface area contributed by atoms with Crippen LogP contribution in [0.5, 0.6) is 5.75 Å². The van der Waals surface area contributed by atoms with Crippen molar-refractivity contribution in [2.24, 2.45) is 5.73 Å². The van der Waals surface area contributed by atoms with Gasteiger partial charge in [0.2, 0.25) is 0 Å². The molecule has 1 aliphatic rings. The molecule has 0 spiro atoms. The van der Waals surface area contributed by atoms with E-state index in [9.17, 15) is 4.79 Å². The second-order valence-corrected chi connectivity index (χ2v) is 4.04. The molecule has 3 N–H and O–H groups in total. The van der Waals surface area contributed by atoms with Gasteiger partial charge in [0.15, 0.2) is 0 Å². The molecule has 5 heteroatoms. The van der Waals surface area contributed by atoms with Crippen LogP contribution in [-0.2, 0) is 9.53 Å². The lowest BCUT2D eigenvalue weighted by molar-refractivity contribution is -0.137. The Hall–Kier alpha value is -1.59. The number of rotatable bonds is 6. The first kappa shape index (κ1) is 11.9. The Kier molecular flexibility index (Phi) is 3.61. The number of epoxide rings is 1. The first-order valence-corrected chi connectivity index (χ1v) is 5.47. The fourth-order valence-electron chi connectivity index (χ4n) is 1.49. The fourth-order valence-corrected chi connectivity index (χ4v) is 1.49. The molecule has 5 nitrogen and oxygen atoms in total. The minimum atomic E-state index is -0.907. The average molecular weight is 237 g/mol. The van der Waals surface area contributed by atoms with E-state index in [0.717, 1.165) is 12.2 Å². The SMILES string of the molecule is NC(CC(=O)O)c1cccc(OCC2CO2)c1. The Bertz CT molecular complexity index is 403. The predicted molar refractivity (Wildman–Crippen MR) is 60.9 cm³/mol. The number of aliphatic carboxylic acids is 1. The van der Waals surface area contributed by atoms with Gasteiger partial charge < -0.3 is 20.3 Å². The van der Waals surface area contributed by atoms with Crippen LogP contribution in [0.1, 0.15) is 18.0 Å². The summed E-state index contributed by atoms with van der Waals surface area (Å²) in [6.07, 6.45) is 0.112. The van der Waals surface area contributed by atoms with Crippen molar-refractivity contribution in [2.45, 2.75) is 18.6 Å². The highest BCUT2D eigenvalue weighted by atomic mass is 16.6. The van der Waals surface area contributed by atoms with E-state index in [2.05, 4.69) is 0 Å². The van der Waals surface area contributed by atoms with E-state index in [0.29, 0.717) is 12.4 Å². The summed E-state index contributed by atoms with van der Waals surface area (Å²) in [7, 11) is 0. The Morgan fingerprint density at radius 1 is 1.65 bits per heavy atom. The van der Waals surface area contributed by atoms with E-state index in [-0.39, 0.29) is 12.5 Å². The number of hydrogen-bond acceptors (Lipinski definition) is 4. The molecule has 0 amide bonds. The lowest BCUT2D eigenvalue weighted by Gasteiger charge is -2.11. The number of hydrogen-bond donors (Lipinski definition) is 2. The van der Waals surface area contributed by atoms with Gasteiger partial charge in [0.05, 0.1) is 13.0 Å². The molecule has 0 aliphatic carbocycles. The monoisotopic (exact) mass is 237 g/mol. The molecule has 2 rings (SSSR count). The quantitative estimate of drug-likeness (QED) is 0.719. The number of carboxylic acids is 1. The molecule has 1 aromatic carbocycles. The highest BCUT2D eigenvalue weighted by Gasteiger charge is 2.23. The smallest absolute Gasteiger partial charge is 0.305 e. The predicted octanol–water partition coefficient (Wildman–Crippen LogP) is 0.939. The third-order valence-corrected chi connectivity index (χ3v) is 2.52. The van der Waals surface area contributed by atoms with Crippen molar-refractivity contribution in [1.29, 1.82) is 0 Å². The third kappa shape index (κ3) is 3.72. The molecule has 1 fully saturated rings. The van der Waals surface area contributed by atoms with Gasteiger partial charge in [0.25, 0.3) is 0 Å². The maximum absolute atomic E-state index is 10.6. The summed E-state index contributed by atoms with van der Waals surface area (Å²) in [4.78, 5) is 10.6. The number of ether oxygens (including phenoxy) is 2. The van der Waals surface area contributed by atoms with E-state index in [4.69, 9.17) is 20.3 Å². The molecule has 2 unspecified atom stereocenters. The first-order valence-electron chi connectivity index (χ1n) is 5.47. The van der Waals surface area contributed by atoms with Gasteiger partial charge in [-0.3, -0.25) is 4.79 Å². The van der Waals surface area contributed by atoms with Crippen LogP contribution in [-0.4, -0.2) is 30.4 Å². The van der Waals surface area contributed by atoms with Crippen molar-refractivity contribution in [3.05, 3.63) is 29.8 Å². The van der Waals surface area contributed by atoms with Crippen molar-refractivity contribution in [1.82, 2.24) is 0 Å². The molecule has 1 heterocycles. The van der Waals surface area contributed by atoms with Crippen LogP contribution in [0.25, 0.3) is 0 Å². The zero-order valence-corrected chi connectivity index (χ0v) is 9.33. The second-order valence-electron chi connectivity index (χ2n) is 4.04. The number of carboxylic acid groups (broad SMARTS) is 1. The molecule has 0 aromatic heterocycles. The van der Waals surface area contributed by atoms with E-state index < -0.39 is 12.0 Å². The Balaban J connectivity index is 1.96. The van der Waals surface area contributed by atoms with E-state index in [1.807, 2.05) is 6.07 Å². The molecule has 1 saturated heterocycles. The molecule has 1 aliphatic heterocycles. The number of carbonyl (C=O) groups is 1. The molecule has 17 heavy (non-hydrogen) atoms. The summed E-state index contributed by atoms with van der Waals surface area (Å²) in [6, 6.07) is 6.69. The number of benzene rings is 1. The van der Waals surface area contributed by atoms with Gasteiger partial charge in [-0.05, 0) is 17.7 Å². The van der Waals surface area contributed by atoms with Gasteiger partial charge in [-0.15, -0.1) is 0 Å². The summed E-state index contributed by atoms with van der Waals surface area (Å²) in [5, 5.41) is 8.67. The molecule has 0 radical (unpaired) electrons. The van der Waals surface area contributed by atoms with Crippen LogP contribution in [0.4, 0.5) is 0 Å². The summed E-state index contributed by atoms with van der Waals surface area (Å²) in [5.41, 5.74) is 6.54. The van der Waals surface area contributed by atoms with Gasteiger partial charge in [-0.1, -0.05) is 12.1 Å². The van der Waals surface area contributed by atoms with Gasteiger partial charge in [-0.2, -0.15) is 0 Å². The van der Waals surface area contributed by atoms with Crippen LogP contribution >= 0.6 is 0 Å². The fraction of sp³-hybridized carbons (Fsp3) is 0.417. The van der Waals surface area contributed by atoms with Gasteiger partial charge in [0, 0.05) is 6.04 Å². The highest BCUT2D eigenvalue weighted by Crippen LogP contribution is 2.21. The largest absolute Gasteiger partial charge is 0.491 e. The van der Waals surface area contributed by atoms with Crippen LogP contribution in [0.2, 0.25) is 0 Å². The van der Waals surface area contributed by atoms with Gasteiger partial charge in [0.1, 0.15) is 18.5 Å². The van der Waals surface area contributed by atoms with Crippen molar-refractivity contribution in [3.63, 3.8) is 0 Å². The minimum absolute atomic E-state index is 0.0881. The van der Waals surface area contributed by atoms with Gasteiger partial charge in [-0.25, -0.2) is 0 Å². The molecule has 1 aromatic rings. The first-order chi connectivity index (χ1) is 8.15. The van der Waals surface area contributed by atoms with Crippen LogP contribution in [0.15, 0.2) is 24.3 Å². The van der Waals surface area contributed by atoms with Crippen LogP contribution in [0, 0.1) is 0 Å². The molecular formula is C12H15NO4. The second kappa shape index (κ2) is 5.16. The van der Waals surface area contributed by atoms with Crippen molar-refractivity contribution in [3.8, 4) is 5.75 Å². The van der Waals surface area contributed by atoms with E-state index in [1.165, 1.54) is 0 Å². The topological polar surface area (TPSA) is 85.1 Å². The lowest BCUT2D eigenvalue weighted by atomic mass is 10.0. The van der Waals surface area contributed by atoms with Crippen molar-refractivity contribution in [2.75, 3.05) is 13.2 Å². The zero-order chi connectivity index (χ0) is 12.3. The molecule has 2 atom stereocenters. The zero-order valence-electron chi connectivity index (χ0n) is 9.33. The Morgan fingerprint density at radius 3 is 3.06 bits per heavy atom. The third-order valence-electron chi connectivity index (χ3n) is 2.52. The van der Waals surface area contributed by atoms with Gasteiger partial charge >= 0.3 is 5.97 Å².